The van der Waals surface area contributed by atoms with E-state index in [-0.39, 0.29) is 17.8 Å². The first-order valence-corrected chi connectivity index (χ1v) is 9.49. The van der Waals surface area contributed by atoms with Crippen LogP contribution in [0.1, 0.15) is 45.3 Å². The summed E-state index contributed by atoms with van der Waals surface area (Å²) in [6.07, 6.45) is 4.33. The van der Waals surface area contributed by atoms with Gasteiger partial charge in [-0.2, -0.15) is 0 Å². The van der Waals surface area contributed by atoms with E-state index in [2.05, 4.69) is 21.0 Å². The molecule has 0 aliphatic carbocycles. The van der Waals surface area contributed by atoms with Crippen LogP contribution in [0.15, 0.2) is 36.7 Å². The molecule has 3 aromatic rings. The lowest BCUT2D eigenvalue weighted by Gasteiger charge is -2.08. The summed E-state index contributed by atoms with van der Waals surface area (Å²) < 4.78 is 5.25. The second-order valence-corrected chi connectivity index (χ2v) is 7.37. The van der Waals surface area contributed by atoms with Crippen LogP contribution in [0.3, 0.4) is 0 Å². The first-order chi connectivity index (χ1) is 13.0. The molecule has 2 aromatic heterocycles. The third-order valence-corrected chi connectivity index (χ3v) is 5.63. The number of nitrogens with zero attached hydrogens (tertiary/aromatic N) is 3. The molecule has 140 valence electrons. The zero-order valence-corrected chi connectivity index (χ0v) is 16.4. The lowest BCUT2D eigenvalue weighted by Crippen LogP contribution is -2.01. The van der Waals surface area contributed by atoms with Gasteiger partial charge in [0.25, 0.3) is 0 Å². The summed E-state index contributed by atoms with van der Waals surface area (Å²) in [4.78, 5) is 25.6. The van der Waals surface area contributed by atoms with Crippen LogP contribution in [0.4, 0.5) is 5.95 Å². The molecule has 0 saturated heterocycles. The zero-order valence-electron chi connectivity index (χ0n) is 15.6. The number of Topliss-reactive ketones (excluding diaryl/α,β-unsaturated/α-hetero) is 1. The maximum absolute atomic E-state index is 12.5. The number of hydrogen-bond acceptors (Lipinski definition) is 7. The van der Waals surface area contributed by atoms with Crippen LogP contribution in [-0.4, -0.2) is 27.8 Å². The van der Waals surface area contributed by atoms with E-state index in [1.807, 2.05) is 32.0 Å². The number of ether oxygens (including phenoxy) is 1. The Hall–Kier alpha value is -2.64. The van der Waals surface area contributed by atoms with Crippen molar-refractivity contribution in [3.05, 3.63) is 57.7 Å². The monoisotopic (exact) mass is 382 g/mol. The number of aryl methyl sites for hydroxylation is 2. The highest BCUT2D eigenvalue weighted by Gasteiger charge is 2.15. The van der Waals surface area contributed by atoms with Gasteiger partial charge in [-0.1, -0.05) is 12.1 Å². The average molecular weight is 382 g/mol. The number of ketones is 1. The van der Waals surface area contributed by atoms with Crippen LogP contribution in [0.5, 0.6) is 0 Å². The number of methoxy groups -OCH3 is 1. The van der Waals surface area contributed by atoms with Crippen molar-refractivity contribution in [3.63, 3.8) is 0 Å². The fourth-order valence-corrected chi connectivity index (χ4v) is 3.66. The molecule has 6 nitrogen and oxygen atoms in total. The smallest absolute Gasteiger partial charge is 0.220 e. The van der Waals surface area contributed by atoms with Crippen LogP contribution < -0.4 is 5.73 Å². The predicted molar refractivity (Wildman–Crippen MR) is 107 cm³/mol. The minimum atomic E-state index is -0.0952. The highest BCUT2D eigenvalue weighted by atomic mass is 32.1. The summed E-state index contributed by atoms with van der Waals surface area (Å²) >= 11 is 1.40. The van der Waals surface area contributed by atoms with Gasteiger partial charge in [-0.15, -0.1) is 11.3 Å². The average Bonchev–Trinajstić information content (AvgIpc) is 3.16. The largest absolute Gasteiger partial charge is 0.375 e. The normalized spacial score (nSPS) is 12.1. The van der Waals surface area contributed by atoms with Crippen LogP contribution >= 0.6 is 11.3 Å². The van der Waals surface area contributed by atoms with Gasteiger partial charge in [0, 0.05) is 31.5 Å². The molecule has 0 aliphatic rings. The number of carbonyl (C=O) groups excluding carboxylic acids is 1. The Balaban J connectivity index is 1.67. The molecule has 1 unspecified atom stereocenters. The zero-order chi connectivity index (χ0) is 19.4. The van der Waals surface area contributed by atoms with Crippen LogP contribution in [0.25, 0.3) is 11.3 Å². The Labute approximate surface area is 162 Å². The summed E-state index contributed by atoms with van der Waals surface area (Å²) in [5, 5.41) is 0.825. The first-order valence-electron chi connectivity index (χ1n) is 8.68. The Bertz CT molecular complexity index is 955. The molecule has 0 bridgehead atoms. The van der Waals surface area contributed by atoms with Gasteiger partial charge in [-0.25, -0.2) is 15.0 Å². The summed E-state index contributed by atoms with van der Waals surface area (Å²) in [6, 6.07) is 7.93. The van der Waals surface area contributed by atoms with E-state index in [9.17, 15) is 4.79 Å². The Morgan fingerprint density at radius 1 is 1.30 bits per heavy atom. The Kier molecular flexibility index (Phi) is 5.93. The molecule has 0 radical (unpaired) electrons. The van der Waals surface area contributed by atoms with Gasteiger partial charge in [0.15, 0.2) is 5.78 Å². The van der Waals surface area contributed by atoms with Crippen LogP contribution in [-0.2, 0) is 11.2 Å². The lowest BCUT2D eigenvalue weighted by molar-refractivity contribution is 0.0986. The molecule has 0 aliphatic heterocycles. The number of carbonyl (C=O) groups is 1. The molecular weight excluding hydrogens is 360 g/mol. The molecule has 0 fully saturated rings. The van der Waals surface area contributed by atoms with Crippen molar-refractivity contribution in [3.8, 4) is 11.3 Å². The second-order valence-electron chi connectivity index (χ2n) is 6.31. The fraction of sp³-hybridized carbons (Fsp3) is 0.300. The van der Waals surface area contributed by atoms with Gasteiger partial charge < -0.3 is 10.5 Å². The number of anilines is 1. The van der Waals surface area contributed by atoms with Crippen molar-refractivity contribution in [2.75, 3.05) is 12.8 Å². The fourth-order valence-electron chi connectivity index (χ4n) is 2.75. The van der Waals surface area contributed by atoms with Gasteiger partial charge in [-0.3, -0.25) is 4.79 Å². The second kappa shape index (κ2) is 8.37. The van der Waals surface area contributed by atoms with E-state index < -0.39 is 0 Å². The molecule has 0 amide bonds. The summed E-state index contributed by atoms with van der Waals surface area (Å²) in [5.41, 5.74) is 9.69. The highest BCUT2D eigenvalue weighted by Crippen LogP contribution is 2.25. The molecule has 7 heteroatoms. The summed E-state index contributed by atoms with van der Waals surface area (Å²) in [6.45, 7) is 3.96. The molecule has 1 atom stereocenters. The van der Waals surface area contributed by atoms with E-state index in [0.717, 1.165) is 27.4 Å². The highest BCUT2D eigenvalue weighted by molar-refractivity contribution is 7.13. The van der Waals surface area contributed by atoms with E-state index >= 15 is 0 Å². The molecule has 1 aromatic carbocycles. The van der Waals surface area contributed by atoms with E-state index in [4.69, 9.17) is 10.5 Å². The molecular formula is C20H22N4O2S. The van der Waals surface area contributed by atoms with Crippen LogP contribution in [0, 0.1) is 6.92 Å². The van der Waals surface area contributed by atoms with Crippen molar-refractivity contribution in [2.24, 2.45) is 0 Å². The summed E-state index contributed by atoms with van der Waals surface area (Å²) in [7, 11) is 1.63. The quantitative estimate of drug-likeness (QED) is 0.621. The van der Waals surface area contributed by atoms with E-state index in [1.54, 1.807) is 19.5 Å². The minimum Gasteiger partial charge on any atom is -0.375 e. The van der Waals surface area contributed by atoms with E-state index in [1.165, 1.54) is 11.3 Å². The van der Waals surface area contributed by atoms with E-state index in [0.29, 0.717) is 17.7 Å². The van der Waals surface area contributed by atoms with Gasteiger partial charge in [0.2, 0.25) is 5.95 Å². The molecule has 0 spiro atoms. The Morgan fingerprint density at radius 3 is 2.81 bits per heavy atom. The van der Waals surface area contributed by atoms with Crippen molar-refractivity contribution in [1.29, 1.82) is 0 Å². The van der Waals surface area contributed by atoms with Crippen LogP contribution in [0.2, 0.25) is 0 Å². The number of rotatable bonds is 7. The molecule has 27 heavy (non-hydrogen) atoms. The number of hydrogen-bond donors (Lipinski definition) is 1. The third kappa shape index (κ3) is 4.56. The number of benzene rings is 1. The van der Waals surface area contributed by atoms with Crippen molar-refractivity contribution < 1.29 is 9.53 Å². The summed E-state index contributed by atoms with van der Waals surface area (Å²) in [5.74, 6) is 0.362. The predicted octanol–water partition coefficient (Wildman–Crippen LogP) is 4.01. The molecule has 2 heterocycles. The maximum atomic E-state index is 12.5. The first kappa shape index (κ1) is 19.1. The van der Waals surface area contributed by atoms with Gasteiger partial charge in [-0.05, 0) is 43.5 Å². The van der Waals surface area contributed by atoms with Crippen molar-refractivity contribution >= 4 is 23.1 Å². The number of nitrogens with two attached hydrogens (primary N) is 1. The molecule has 3 rings (SSSR count). The van der Waals surface area contributed by atoms with Gasteiger partial charge in [0.05, 0.1) is 10.6 Å². The van der Waals surface area contributed by atoms with Gasteiger partial charge in [0.1, 0.15) is 11.1 Å². The SMILES string of the molecule is COC(C)c1ncc(C(=O)CCc2ccc(-c3ccnc(N)n3)cc2C)s1. The Morgan fingerprint density at radius 2 is 2.11 bits per heavy atom. The topological polar surface area (TPSA) is 91.0 Å². The molecule has 0 saturated carbocycles. The maximum Gasteiger partial charge on any atom is 0.220 e. The number of thiazole rings is 1. The lowest BCUT2D eigenvalue weighted by atomic mass is 9.98. The van der Waals surface area contributed by atoms with Crippen molar-refractivity contribution in [1.82, 2.24) is 15.0 Å². The number of nitrogen functional groups attached to an aromatic ring is 1. The minimum absolute atomic E-state index is 0.0952. The third-order valence-electron chi connectivity index (χ3n) is 4.43. The van der Waals surface area contributed by atoms with Crippen molar-refractivity contribution in [2.45, 2.75) is 32.8 Å². The number of aromatic nitrogens is 3. The standard InChI is InChI=1S/C20H22N4O2S/c1-12-10-15(16-8-9-22-20(21)24-16)5-4-14(12)6-7-17(25)18-11-23-19(27-18)13(2)26-3/h4-5,8-11,13H,6-7H2,1-3H3,(H2,21,22,24). The van der Waals surface area contributed by atoms with Gasteiger partial charge >= 0.3 is 0 Å². The molecule has 2 N–H and O–H groups in total.